The van der Waals surface area contributed by atoms with Gasteiger partial charge >= 0.3 is 0 Å². The van der Waals surface area contributed by atoms with E-state index in [2.05, 4.69) is 29.4 Å². The molecule has 0 aliphatic heterocycles. The number of hydrogen-bond donors (Lipinski definition) is 3. The van der Waals surface area contributed by atoms with E-state index in [0.717, 1.165) is 10.9 Å². The fourth-order valence-electron chi connectivity index (χ4n) is 1.65. The van der Waals surface area contributed by atoms with E-state index in [-0.39, 0.29) is 10.7 Å². The molecule has 1 amide bonds. The number of benzene rings is 1. The van der Waals surface area contributed by atoms with Crippen LogP contribution in [-0.4, -0.2) is 33.7 Å². The standard InChI is InChI=1S/C13H18N4OS/c1-13(2,19-3)7-15-12(18)11-9-6-8(14)4-5-10(9)16-17-11/h4-6H,7,14H2,1-3H3,(H,15,18)(H,16,17). The van der Waals surface area contributed by atoms with Crippen LogP contribution < -0.4 is 11.1 Å². The molecule has 5 nitrogen and oxygen atoms in total. The molecule has 4 N–H and O–H groups in total. The number of anilines is 1. The number of nitrogens with zero attached hydrogens (tertiary/aromatic N) is 1. The quantitative estimate of drug-likeness (QED) is 0.747. The lowest BCUT2D eigenvalue weighted by Gasteiger charge is -2.21. The molecular weight excluding hydrogens is 260 g/mol. The summed E-state index contributed by atoms with van der Waals surface area (Å²) in [7, 11) is 0. The Hall–Kier alpha value is -1.69. The first-order chi connectivity index (χ1) is 8.93. The molecule has 0 saturated carbocycles. The molecule has 102 valence electrons. The number of nitrogen functional groups attached to an aromatic ring is 1. The number of aromatic amines is 1. The van der Waals surface area contributed by atoms with Crippen LogP contribution >= 0.6 is 11.8 Å². The van der Waals surface area contributed by atoms with Gasteiger partial charge < -0.3 is 11.1 Å². The average Bonchev–Trinajstić information content (AvgIpc) is 2.79. The molecule has 6 heteroatoms. The minimum atomic E-state index is -0.182. The van der Waals surface area contributed by atoms with Crippen molar-refractivity contribution < 1.29 is 4.79 Å². The van der Waals surface area contributed by atoms with E-state index in [0.29, 0.717) is 17.9 Å². The molecule has 0 fully saturated rings. The predicted molar refractivity (Wildman–Crippen MR) is 80.4 cm³/mol. The lowest BCUT2D eigenvalue weighted by Crippen LogP contribution is -2.36. The number of thioether (sulfide) groups is 1. The number of aromatic nitrogens is 2. The maximum Gasteiger partial charge on any atom is 0.272 e. The van der Waals surface area contributed by atoms with Gasteiger partial charge in [0.2, 0.25) is 0 Å². The van der Waals surface area contributed by atoms with Crippen LogP contribution in [0.5, 0.6) is 0 Å². The number of hydrogen-bond acceptors (Lipinski definition) is 4. The summed E-state index contributed by atoms with van der Waals surface area (Å²) >= 11 is 1.71. The van der Waals surface area contributed by atoms with E-state index >= 15 is 0 Å². The van der Waals surface area contributed by atoms with Gasteiger partial charge in [-0.25, -0.2) is 0 Å². The maximum atomic E-state index is 12.1. The van der Waals surface area contributed by atoms with E-state index in [1.54, 1.807) is 23.9 Å². The SMILES string of the molecule is CSC(C)(C)CNC(=O)c1n[nH]c2ccc(N)cc12. The van der Waals surface area contributed by atoms with Crippen molar-refractivity contribution in [2.75, 3.05) is 18.5 Å². The summed E-state index contributed by atoms with van der Waals surface area (Å²) in [4.78, 5) is 12.1. The molecule has 0 bridgehead atoms. The maximum absolute atomic E-state index is 12.1. The highest BCUT2D eigenvalue weighted by Crippen LogP contribution is 2.21. The second kappa shape index (κ2) is 5.13. The summed E-state index contributed by atoms with van der Waals surface area (Å²) < 4.78 is 0.000792. The number of nitrogens with one attached hydrogen (secondary N) is 2. The molecule has 2 rings (SSSR count). The van der Waals surface area contributed by atoms with Crippen LogP contribution in [0.15, 0.2) is 18.2 Å². The monoisotopic (exact) mass is 278 g/mol. The first-order valence-corrected chi connectivity index (χ1v) is 7.22. The van der Waals surface area contributed by atoms with E-state index in [9.17, 15) is 4.79 Å². The zero-order valence-electron chi connectivity index (χ0n) is 11.3. The van der Waals surface area contributed by atoms with Gasteiger partial charge in [0, 0.05) is 22.4 Å². The zero-order valence-corrected chi connectivity index (χ0v) is 12.1. The highest BCUT2D eigenvalue weighted by molar-refractivity contribution is 7.99. The first-order valence-electron chi connectivity index (χ1n) is 6.00. The molecule has 1 heterocycles. The van der Waals surface area contributed by atoms with Gasteiger partial charge in [-0.15, -0.1) is 0 Å². The van der Waals surface area contributed by atoms with E-state index in [1.807, 2.05) is 12.3 Å². The van der Waals surface area contributed by atoms with Gasteiger partial charge in [0.15, 0.2) is 5.69 Å². The van der Waals surface area contributed by atoms with Crippen molar-refractivity contribution in [1.82, 2.24) is 15.5 Å². The molecule has 1 aromatic heterocycles. The van der Waals surface area contributed by atoms with Gasteiger partial charge in [-0.05, 0) is 38.3 Å². The Kier molecular flexibility index (Phi) is 3.71. The second-order valence-corrected chi connectivity index (χ2v) is 6.54. The fraction of sp³-hybridized carbons (Fsp3) is 0.385. The Morgan fingerprint density at radius 2 is 2.26 bits per heavy atom. The Balaban J connectivity index is 2.20. The molecule has 0 aliphatic rings. The smallest absolute Gasteiger partial charge is 0.272 e. The third kappa shape index (κ3) is 3.01. The van der Waals surface area contributed by atoms with Gasteiger partial charge in [-0.1, -0.05) is 0 Å². The molecule has 19 heavy (non-hydrogen) atoms. The summed E-state index contributed by atoms with van der Waals surface area (Å²) in [5.41, 5.74) is 7.56. The summed E-state index contributed by atoms with van der Waals surface area (Å²) in [5, 5.41) is 10.6. The van der Waals surface area contributed by atoms with Crippen LogP contribution in [0.25, 0.3) is 10.9 Å². The van der Waals surface area contributed by atoms with Gasteiger partial charge in [0.05, 0.1) is 5.52 Å². The predicted octanol–water partition coefficient (Wildman–Crippen LogP) is 2.02. The van der Waals surface area contributed by atoms with Crippen molar-refractivity contribution in [3.63, 3.8) is 0 Å². The van der Waals surface area contributed by atoms with Gasteiger partial charge in [-0.2, -0.15) is 16.9 Å². The number of H-pyrrole nitrogens is 1. The number of amides is 1. The number of nitrogens with two attached hydrogens (primary N) is 1. The minimum Gasteiger partial charge on any atom is -0.399 e. The van der Waals surface area contributed by atoms with E-state index < -0.39 is 0 Å². The molecule has 0 saturated heterocycles. The van der Waals surface area contributed by atoms with Crippen LogP contribution in [-0.2, 0) is 0 Å². The molecular formula is C13H18N4OS. The Bertz CT molecular complexity index is 606. The molecule has 0 spiro atoms. The largest absolute Gasteiger partial charge is 0.399 e. The Labute approximate surface area is 116 Å². The molecule has 2 aromatic rings. The van der Waals surface area contributed by atoms with E-state index in [4.69, 9.17) is 5.73 Å². The summed E-state index contributed by atoms with van der Waals surface area (Å²) in [6.07, 6.45) is 2.02. The van der Waals surface area contributed by atoms with Crippen molar-refractivity contribution in [1.29, 1.82) is 0 Å². The minimum absolute atomic E-state index is 0.000792. The van der Waals surface area contributed by atoms with Crippen molar-refractivity contribution in [3.05, 3.63) is 23.9 Å². The number of carbonyl (C=O) groups excluding carboxylic acids is 1. The first kappa shape index (κ1) is 13.7. The number of rotatable bonds is 4. The fourth-order valence-corrected chi connectivity index (χ4v) is 1.87. The van der Waals surface area contributed by atoms with Crippen LogP contribution in [0, 0.1) is 0 Å². The molecule has 0 radical (unpaired) electrons. The highest BCUT2D eigenvalue weighted by Gasteiger charge is 2.20. The summed E-state index contributed by atoms with van der Waals surface area (Å²) in [5.74, 6) is -0.182. The van der Waals surface area contributed by atoms with Crippen molar-refractivity contribution >= 4 is 34.3 Å². The summed E-state index contributed by atoms with van der Waals surface area (Å²) in [6, 6.07) is 5.35. The van der Waals surface area contributed by atoms with Gasteiger partial charge in [0.25, 0.3) is 5.91 Å². The highest BCUT2D eigenvalue weighted by atomic mass is 32.2. The van der Waals surface area contributed by atoms with Crippen LogP contribution in [0.3, 0.4) is 0 Å². The topological polar surface area (TPSA) is 83.8 Å². The van der Waals surface area contributed by atoms with Crippen LogP contribution in [0.1, 0.15) is 24.3 Å². The molecule has 0 atom stereocenters. The molecule has 0 aliphatic carbocycles. The Morgan fingerprint density at radius 1 is 1.53 bits per heavy atom. The number of carbonyl (C=O) groups is 1. The van der Waals surface area contributed by atoms with Crippen LogP contribution in [0.2, 0.25) is 0 Å². The van der Waals surface area contributed by atoms with Crippen LogP contribution in [0.4, 0.5) is 5.69 Å². The second-order valence-electron chi connectivity index (χ2n) is 5.02. The number of fused-ring (bicyclic) bond motifs is 1. The third-order valence-corrected chi connectivity index (χ3v) is 4.28. The Morgan fingerprint density at radius 3 is 2.95 bits per heavy atom. The van der Waals surface area contributed by atoms with Crippen molar-refractivity contribution in [2.45, 2.75) is 18.6 Å². The van der Waals surface area contributed by atoms with Crippen molar-refractivity contribution in [3.8, 4) is 0 Å². The van der Waals surface area contributed by atoms with Gasteiger partial charge in [0.1, 0.15) is 0 Å². The van der Waals surface area contributed by atoms with Crippen molar-refractivity contribution in [2.24, 2.45) is 0 Å². The molecule has 1 aromatic carbocycles. The van der Waals surface area contributed by atoms with Gasteiger partial charge in [-0.3, -0.25) is 9.89 Å². The normalized spacial score (nSPS) is 11.7. The van der Waals surface area contributed by atoms with E-state index in [1.165, 1.54) is 0 Å². The lowest BCUT2D eigenvalue weighted by molar-refractivity contribution is 0.0947. The average molecular weight is 278 g/mol. The molecule has 0 unspecified atom stereocenters. The summed E-state index contributed by atoms with van der Waals surface area (Å²) in [6.45, 7) is 4.75. The lowest BCUT2D eigenvalue weighted by atomic mass is 10.1. The zero-order chi connectivity index (χ0) is 14.0. The third-order valence-electron chi connectivity index (χ3n) is 3.03.